The maximum Gasteiger partial charge on any atom is 0.242 e. The van der Waals surface area contributed by atoms with Crippen LogP contribution in [-0.2, 0) is 24.4 Å². The molecule has 2 fully saturated rings. The molecule has 2 N–H and O–H groups in total. The monoisotopic (exact) mass is 346 g/mol. The summed E-state index contributed by atoms with van der Waals surface area (Å²) in [6.45, 7) is 2.24. The van der Waals surface area contributed by atoms with Crippen LogP contribution in [0.4, 0.5) is 0 Å². The van der Waals surface area contributed by atoms with Gasteiger partial charge in [0.1, 0.15) is 12.1 Å². The number of amides is 3. The van der Waals surface area contributed by atoms with Crippen LogP contribution in [0.1, 0.15) is 19.8 Å². The van der Waals surface area contributed by atoms with Gasteiger partial charge in [-0.15, -0.1) is 0 Å². The number of carbonyl (C=O) groups is 3. The van der Waals surface area contributed by atoms with Gasteiger partial charge in [-0.05, 0) is 12.8 Å². The number of piperidine rings is 1. The zero-order valence-corrected chi connectivity index (χ0v) is 14.1. The van der Waals surface area contributed by atoms with Gasteiger partial charge in [-0.3, -0.25) is 14.4 Å². The molecule has 2 rings (SSSR count). The molecule has 2 saturated heterocycles. The number of nitrogens with one attached hydrogen (secondary N) is 2. The topological polar surface area (TPSA) is 116 Å². The molecule has 9 nitrogen and oxygen atoms in total. The van der Waals surface area contributed by atoms with E-state index in [0.29, 0.717) is 13.0 Å². The Morgan fingerprint density at radius 3 is 2.57 bits per heavy atom. The molecule has 2 atom stereocenters. The van der Waals surface area contributed by atoms with Crippen LogP contribution in [0.5, 0.6) is 0 Å². The number of piperazine rings is 1. The Labute approximate surface area is 135 Å². The molecular weight excluding hydrogens is 324 g/mol. The van der Waals surface area contributed by atoms with Gasteiger partial charge in [-0.25, -0.2) is 8.42 Å². The molecule has 0 aromatic carbocycles. The third kappa shape index (κ3) is 4.20. The van der Waals surface area contributed by atoms with Crippen molar-refractivity contribution in [2.24, 2.45) is 0 Å². The molecule has 10 heteroatoms. The molecule has 0 spiro atoms. The van der Waals surface area contributed by atoms with Crippen LogP contribution in [0.2, 0.25) is 0 Å². The van der Waals surface area contributed by atoms with E-state index in [-0.39, 0.29) is 31.4 Å². The fourth-order valence-corrected chi connectivity index (χ4v) is 3.88. The largest absolute Gasteiger partial charge is 0.354 e. The number of rotatable bonds is 3. The molecule has 0 aromatic rings. The molecule has 0 saturated carbocycles. The van der Waals surface area contributed by atoms with Crippen molar-refractivity contribution >= 4 is 27.7 Å². The predicted octanol–water partition coefficient (Wildman–Crippen LogP) is -2.13. The molecule has 2 aliphatic heterocycles. The summed E-state index contributed by atoms with van der Waals surface area (Å²) >= 11 is 0. The van der Waals surface area contributed by atoms with Crippen molar-refractivity contribution in [1.29, 1.82) is 0 Å². The Bertz CT molecular complexity index is 605. The molecule has 0 aromatic heterocycles. The Balaban J connectivity index is 2.14. The summed E-state index contributed by atoms with van der Waals surface area (Å²) in [4.78, 5) is 37.2. The van der Waals surface area contributed by atoms with E-state index >= 15 is 0 Å². The quantitative estimate of drug-likeness (QED) is 0.606. The lowest BCUT2D eigenvalue weighted by molar-refractivity contribution is -0.136. The van der Waals surface area contributed by atoms with Crippen LogP contribution in [-0.4, -0.2) is 79.9 Å². The maximum absolute atomic E-state index is 12.5. The lowest BCUT2D eigenvalue weighted by Gasteiger charge is -2.39. The Kier molecular flexibility index (Phi) is 5.25. The van der Waals surface area contributed by atoms with Gasteiger partial charge in [0, 0.05) is 33.1 Å². The number of nitrogens with zero attached hydrogens (tertiary/aromatic N) is 2. The standard InChI is InChI=1S/C13H22N4O5S/c1-9(18)16-6-7-17(23(2,21)22)11(8-16)13(20)15-10-4-3-5-14-12(10)19/h10-11H,3-8H2,1-2H3,(H,14,19)(H,15,20)/t10-,11-/m0/s1. The summed E-state index contributed by atoms with van der Waals surface area (Å²) in [7, 11) is -3.59. The first-order valence-electron chi connectivity index (χ1n) is 7.50. The molecule has 130 valence electrons. The molecule has 23 heavy (non-hydrogen) atoms. The highest BCUT2D eigenvalue weighted by Crippen LogP contribution is 2.15. The van der Waals surface area contributed by atoms with Crippen LogP contribution in [0, 0.1) is 0 Å². The minimum absolute atomic E-state index is 0.0113. The SMILES string of the molecule is CC(=O)N1CCN(S(C)(=O)=O)[C@H](C(=O)N[C@H]2CCCNC2=O)C1. The van der Waals surface area contributed by atoms with Crippen molar-refractivity contribution in [2.75, 3.05) is 32.4 Å². The van der Waals surface area contributed by atoms with E-state index in [1.54, 1.807) is 0 Å². The highest BCUT2D eigenvalue weighted by molar-refractivity contribution is 7.88. The molecule has 0 unspecified atom stereocenters. The van der Waals surface area contributed by atoms with Crippen LogP contribution in [0.25, 0.3) is 0 Å². The minimum atomic E-state index is -3.59. The molecule has 0 radical (unpaired) electrons. The average Bonchev–Trinajstić information content (AvgIpc) is 2.48. The van der Waals surface area contributed by atoms with Crippen molar-refractivity contribution in [3.05, 3.63) is 0 Å². The van der Waals surface area contributed by atoms with Crippen LogP contribution < -0.4 is 10.6 Å². The van der Waals surface area contributed by atoms with Crippen molar-refractivity contribution in [3.63, 3.8) is 0 Å². The lowest BCUT2D eigenvalue weighted by atomic mass is 10.1. The van der Waals surface area contributed by atoms with E-state index in [1.165, 1.54) is 11.8 Å². The van der Waals surface area contributed by atoms with E-state index in [4.69, 9.17) is 0 Å². The summed E-state index contributed by atoms with van der Waals surface area (Å²) in [5.74, 6) is -1.04. The molecule has 0 bridgehead atoms. The highest BCUT2D eigenvalue weighted by Gasteiger charge is 2.39. The van der Waals surface area contributed by atoms with Crippen molar-refractivity contribution < 1.29 is 22.8 Å². The van der Waals surface area contributed by atoms with Gasteiger partial charge in [0.2, 0.25) is 27.7 Å². The molecule has 3 amide bonds. The fraction of sp³-hybridized carbons (Fsp3) is 0.769. The Morgan fingerprint density at radius 2 is 2.00 bits per heavy atom. The average molecular weight is 346 g/mol. The molecule has 2 heterocycles. The highest BCUT2D eigenvalue weighted by atomic mass is 32.2. The smallest absolute Gasteiger partial charge is 0.242 e. The first-order valence-corrected chi connectivity index (χ1v) is 9.35. The fourth-order valence-electron chi connectivity index (χ4n) is 2.84. The normalized spacial score (nSPS) is 26.5. The van der Waals surface area contributed by atoms with Crippen molar-refractivity contribution in [3.8, 4) is 0 Å². The second-order valence-electron chi connectivity index (χ2n) is 5.85. The number of hydrogen-bond donors (Lipinski definition) is 2. The van der Waals surface area contributed by atoms with E-state index in [2.05, 4.69) is 10.6 Å². The molecular formula is C13H22N4O5S. The van der Waals surface area contributed by atoms with Gasteiger partial charge in [0.25, 0.3) is 0 Å². The molecule has 2 aliphatic rings. The second-order valence-corrected chi connectivity index (χ2v) is 7.78. The van der Waals surface area contributed by atoms with Crippen molar-refractivity contribution in [1.82, 2.24) is 19.8 Å². The summed E-state index contributed by atoms with van der Waals surface area (Å²) in [6.07, 6.45) is 2.29. The number of hydrogen-bond acceptors (Lipinski definition) is 5. The van der Waals surface area contributed by atoms with Gasteiger partial charge in [-0.2, -0.15) is 4.31 Å². The molecule has 0 aliphatic carbocycles. The van der Waals surface area contributed by atoms with E-state index < -0.39 is 28.0 Å². The van der Waals surface area contributed by atoms with Gasteiger partial charge in [0.05, 0.1) is 6.26 Å². The first kappa shape index (κ1) is 17.7. The lowest BCUT2D eigenvalue weighted by Crippen LogP contribution is -2.63. The zero-order valence-electron chi connectivity index (χ0n) is 13.2. The van der Waals surface area contributed by atoms with E-state index in [0.717, 1.165) is 17.0 Å². The van der Waals surface area contributed by atoms with E-state index in [9.17, 15) is 22.8 Å². The predicted molar refractivity (Wildman–Crippen MR) is 81.8 cm³/mol. The third-order valence-corrected chi connectivity index (χ3v) is 5.40. The van der Waals surface area contributed by atoms with Gasteiger partial charge >= 0.3 is 0 Å². The first-order chi connectivity index (χ1) is 10.7. The number of carbonyl (C=O) groups excluding carboxylic acids is 3. The maximum atomic E-state index is 12.5. The Morgan fingerprint density at radius 1 is 1.30 bits per heavy atom. The third-order valence-electron chi connectivity index (χ3n) is 4.11. The van der Waals surface area contributed by atoms with Gasteiger partial charge in [-0.1, -0.05) is 0 Å². The van der Waals surface area contributed by atoms with Crippen LogP contribution >= 0.6 is 0 Å². The second kappa shape index (κ2) is 6.83. The summed E-state index contributed by atoms with van der Waals surface area (Å²) in [6, 6.07) is -1.68. The van der Waals surface area contributed by atoms with Crippen LogP contribution in [0.3, 0.4) is 0 Å². The zero-order chi connectivity index (χ0) is 17.2. The summed E-state index contributed by atoms with van der Waals surface area (Å²) in [5, 5.41) is 5.26. The minimum Gasteiger partial charge on any atom is -0.354 e. The Hall–Kier alpha value is -1.68. The summed E-state index contributed by atoms with van der Waals surface area (Å²) < 4.78 is 24.9. The van der Waals surface area contributed by atoms with Crippen molar-refractivity contribution in [2.45, 2.75) is 31.8 Å². The number of sulfonamides is 1. The van der Waals surface area contributed by atoms with E-state index in [1.807, 2.05) is 0 Å². The van der Waals surface area contributed by atoms with Crippen LogP contribution in [0.15, 0.2) is 0 Å². The van der Waals surface area contributed by atoms with Gasteiger partial charge in [0.15, 0.2) is 0 Å². The summed E-state index contributed by atoms with van der Waals surface area (Å²) in [5.41, 5.74) is 0. The van der Waals surface area contributed by atoms with Gasteiger partial charge < -0.3 is 15.5 Å².